The molecule has 0 heterocycles. The van der Waals surface area contributed by atoms with Gasteiger partial charge in [0, 0.05) is 29.8 Å². The molecule has 29 heavy (non-hydrogen) atoms. The summed E-state index contributed by atoms with van der Waals surface area (Å²) < 4.78 is 12.6. The van der Waals surface area contributed by atoms with Gasteiger partial charge in [0.1, 0.15) is 6.61 Å². The van der Waals surface area contributed by atoms with E-state index in [9.17, 15) is 10.1 Å². The number of nitro groups is 1. The zero-order chi connectivity index (χ0) is 21.1. The predicted molar refractivity (Wildman–Crippen MR) is 115 cm³/mol. The molecule has 0 aliphatic heterocycles. The predicted octanol–water partition coefficient (Wildman–Crippen LogP) is 4.59. The van der Waals surface area contributed by atoms with E-state index in [1.807, 2.05) is 19.1 Å². The van der Waals surface area contributed by atoms with Crippen LogP contribution in [0.15, 0.2) is 40.9 Å². The Morgan fingerprint density at radius 3 is 2.48 bits per heavy atom. The first-order chi connectivity index (χ1) is 14.0. The molecule has 8 heteroatoms. The van der Waals surface area contributed by atoms with Gasteiger partial charge >= 0.3 is 0 Å². The van der Waals surface area contributed by atoms with Crippen LogP contribution in [0.5, 0.6) is 11.5 Å². The minimum atomic E-state index is -0.422. The average molecular weight is 467 g/mol. The summed E-state index contributed by atoms with van der Waals surface area (Å²) in [6, 6.07) is 10.1. The Kier molecular flexibility index (Phi) is 9.90. The molecule has 7 nitrogen and oxygen atoms in total. The topological polar surface area (TPSA) is 93.9 Å². The molecule has 0 spiro atoms. The number of aliphatic hydroxyl groups excluding tert-OH is 1. The van der Waals surface area contributed by atoms with Crippen LogP contribution in [0.25, 0.3) is 0 Å². The van der Waals surface area contributed by atoms with Gasteiger partial charge in [-0.2, -0.15) is 0 Å². The second kappa shape index (κ2) is 12.4. The number of unbranched alkanes of at least 4 members (excludes halogenated alkanes) is 2. The lowest BCUT2D eigenvalue weighted by atomic mass is 10.2. The summed E-state index contributed by atoms with van der Waals surface area (Å²) >= 11 is 3.59. The molecule has 0 saturated carbocycles. The van der Waals surface area contributed by atoms with Crippen molar-refractivity contribution >= 4 is 21.6 Å². The van der Waals surface area contributed by atoms with E-state index in [1.165, 1.54) is 12.1 Å². The van der Waals surface area contributed by atoms with Crippen molar-refractivity contribution in [1.29, 1.82) is 0 Å². The smallest absolute Gasteiger partial charge is 0.269 e. The van der Waals surface area contributed by atoms with Gasteiger partial charge in [-0.3, -0.25) is 10.1 Å². The van der Waals surface area contributed by atoms with Gasteiger partial charge < -0.3 is 19.9 Å². The van der Waals surface area contributed by atoms with E-state index in [0.29, 0.717) is 24.7 Å². The first-order valence-corrected chi connectivity index (χ1v) is 10.5. The van der Waals surface area contributed by atoms with Crippen molar-refractivity contribution < 1.29 is 19.5 Å². The third kappa shape index (κ3) is 7.64. The minimum absolute atomic E-state index is 0.0553. The molecule has 158 valence electrons. The minimum Gasteiger partial charge on any atom is -0.490 e. The lowest BCUT2D eigenvalue weighted by Crippen LogP contribution is -2.15. The lowest BCUT2D eigenvalue weighted by Gasteiger charge is -2.15. The van der Waals surface area contributed by atoms with Crippen LogP contribution >= 0.6 is 15.9 Å². The molecular weight excluding hydrogens is 440 g/mol. The molecule has 0 atom stereocenters. The van der Waals surface area contributed by atoms with Crippen LogP contribution < -0.4 is 14.8 Å². The lowest BCUT2D eigenvalue weighted by molar-refractivity contribution is -0.384. The Morgan fingerprint density at radius 2 is 1.83 bits per heavy atom. The molecule has 2 aromatic carbocycles. The molecular formula is C21H27BrN2O5. The molecule has 0 radical (unpaired) electrons. The van der Waals surface area contributed by atoms with Gasteiger partial charge in [0.15, 0.2) is 11.5 Å². The van der Waals surface area contributed by atoms with E-state index in [4.69, 9.17) is 14.6 Å². The number of hydrogen-bond acceptors (Lipinski definition) is 6. The monoisotopic (exact) mass is 466 g/mol. The van der Waals surface area contributed by atoms with Crippen molar-refractivity contribution in [3.63, 3.8) is 0 Å². The maximum atomic E-state index is 10.8. The van der Waals surface area contributed by atoms with Crippen LogP contribution in [0, 0.1) is 10.1 Å². The molecule has 0 unspecified atom stereocenters. The quantitative estimate of drug-likeness (QED) is 0.254. The van der Waals surface area contributed by atoms with Crippen LogP contribution in [0.2, 0.25) is 0 Å². The summed E-state index contributed by atoms with van der Waals surface area (Å²) in [5.41, 5.74) is 1.96. The van der Waals surface area contributed by atoms with Crippen molar-refractivity contribution in [3.05, 3.63) is 62.1 Å². The third-order valence-electron chi connectivity index (χ3n) is 4.28. The van der Waals surface area contributed by atoms with Gasteiger partial charge in [0.25, 0.3) is 5.69 Å². The van der Waals surface area contributed by atoms with Crippen LogP contribution in [0.3, 0.4) is 0 Å². The van der Waals surface area contributed by atoms with Gasteiger partial charge in [0.2, 0.25) is 0 Å². The van der Waals surface area contributed by atoms with Crippen molar-refractivity contribution in [1.82, 2.24) is 5.32 Å². The molecule has 0 aliphatic carbocycles. The fourth-order valence-electron chi connectivity index (χ4n) is 2.73. The number of non-ortho nitro benzene ring substituents is 1. The summed E-state index contributed by atoms with van der Waals surface area (Å²) in [6.45, 7) is 4.54. The molecule has 0 aromatic heterocycles. The number of halogens is 1. The summed E-state index contributed by atoms with van der Waals surface area (Å²) in [7, 11) is 0. The summed E-state index contributed by atoms with van der Waals surface area (Å²) in [4.78, 5) is 10.3. The number of nitrogens with one attached hydrogen (secondary N) is 1. The van der Waals surface area contributed by atoms with Crippen molar-refractivity contribution in [2.24, 2.45) is 0 Å². The largest absolute Gasteiger partial charge is 0.490 e. The standard InChI is InChI=1S/C21H27BrN2O5/c1-2-28-20-12-17(14-23-10-4-3-5-11-25)19(22)13-21(20)29-15-16-6-8-18(9-7-16)24(26)27/h6-9,12-13,23,25H,2-5,10-11,14-15H2,1H3. The molecule has 2 rings (SSSR count). The fraction of sp³-hybridized carbons (Fsp3) is 0.429. The number of nitro benzene ring substituents is 1. The maximum Gasteiger partial charge on any atom is 0.269 e. The molecule has 0 aliphatic rings. The normalized spacial score (nSPS) is 10.7. The van der Waals surface area contributed by atoms with E-state index in [-0.39, 0.29) is 18.9 Å². The molecule has 0 bridgehead atoms. The Morgan fingerprint density at radius 1 is 1.10 bits per heavy atom. The fourth-order valence-corrected chi connectivity index (χ4v) is 3.19. The van der Waals surface area contributed by atoms with E-state index < -0.39 is 4.92 Å². The van der Waals surface area contributed by atoms with Crippen LogP contribution in [0.1, 0.15) is 37.3 Å². The summed E-state index contributed by atoms with van der Waals surface area (Å²) in [6.07, 6.45) is 2.86. The highest BCUT2D eigenvalue weighted by Gasteiger charge is 2.12. The van der Waals surface area contributed by atoms with E-state index in [2.05, 4.69) is 21.2 Å². The number of rotatable bonds is 13. The molecule has 2 aromatic rings. The molecule has 0 saturated heterocycles. The number of nitrogens with zero attached hydrogens (tertiary/aromatic N) is 1. The highest BCUT2D eigenvalue weighted by atomic mass is 79.9. The van der Waals surface area contributed by atoms with Gasteiger partial charge in [-0.05, 0) is 68.1 Å². The molecule has 2 N–H and O–H groups in total. The maximum absolute atomic E-state index is 10.8. The summed E-state index contributed by atoms with van der Waals surface area (Å²) in [5, 5.41) is 23.0. The second-order valence-electron chi connectivity index (χ2n) is 6.50. The third-order valence-corrected chi connectivity index (χ3v) is 5.02. The van der Waals surface area contributed by atoms with Crippen molar-refractivity contribution in [2.45, 2.75) is 39.3 Å². The van der Waals surface area contributed by atoms with Crippen LogP contribution in [-0.4, -0.2) is 29.8 Å². The number of aliphatic hydroxyl groups is 1. The Bertz CT molecular complexity index is 783. The van der Waals surface area contributed by atoms with Gasteiger partial charge in [0.05, 0.1) is 11.5 Å². The van der Waals surface area contributed by atoms with Crippen LogP contribution in [0.4, 0.5) is 5.69 Å². The zero-order valence-corrected chi connectivity index (χ0v) is 18.1. The SMILES string of the molecule is CCOc1cc(CNCCCCCO)c(Br)cc1OCc1ccc([N+](=O)[O-])cc1. The van der Waals surface area contributed by atoms with E-state index in [0.717, 1.165) is 41.4 Å². The van der Waals surface area contributed by atoms with Crippen molar-refractivity contribution in [2.75, 3.05) is 19.8 Å². The van der Waals surface area contributed by atoms with Crippen LogP contribution in [-0.2, 0) is 13.2 Å². The van der Waals surface area contributed by atoms with E-state index in [1.54, 1.807) is 12.1 Å². The van der Waals surface area contributed by atoms with Gasteiger partial charge in [-0.15, -0.1) is 0 Å². The number of benzene rings is 2. The number of ether oxygens (including phenoxy) is 2. The zero-order valence-electron chi connectivity index (χ0n) is 16.5. The number of hydrogen-bond donors (Lipinski definition) is 2. The summed E-state index contributed by atoms with van der Waals surface area (Å²) in [5.74, 6) is 1.28. The highest BCUT2D eigenvalue weighted by molar-refractivity contribution is 9.10. The molecule has 0 fully saturated rings. The van der Waals surface area contributed by atoms with Crippen molar-refractivity contribution in [3.8, 4) is 11.5 Å². The van der Waals surface area contributed by atoms with Gasteiger partial charge in [-0.25, -0.2) is 0 Å². The Balaban J connectivity index is 1.99. The molecule has 0 amide bonds. The Labute approximate surface area is 179 Å². The first kappa shape index (κ1) is 23.1. The highest BCUT2D eigenvalue weighted by Crippen LogP contribution is 2.34. The average Bonchev–Trinajstić information content (AvgIpc) is 2.71. The van der Waals surface area contributed by atoms with E-state index >= 15 is 0 Å². The first-order valence-electron chi connectivity index (χ1n) is 9.68. The second-order valence-corrected chi connectivity index (χ2v) is 7.35. The Hall–Kier alpha value is -2.16. The van der Waals surface area contributed by atoms with Gasteiger partial charge in [-0.1, -0.05) is 15.9 Å².